The highest BCUT2D eigenvalue weighted by Crippen LogP contribution is 2.37. The molecular formula is C28H25ClN2O4S2. The molecular weight excluding hydrogens is 528 g/mol. The third-order valence-corrected chi connectivity index (χ3v) is 7.15. The molecule has 0 aliphatic carbocycles. The van der Waals surface area contributed by atoms with Gasteiger partial charge in [0, 0.05) is 10.7 Å². The number of hydrogen-bond acceptors (Lipinski definition) is 6. The van der Waals surface area contributed by atoms with Gasteiger partial charge in [0.25, 0.3) is 11.8 Å². The zero-order valence-corrected chi connectivity index (χ0v) is 22.9. The van der Waals surface area contributed by atoms with E-state index in [2.05, 4.69) is 5.32 Å². The first-order chi connectivity index (χ1) is 17.7. The van der Waals surface area contributed by atoms with Crippen molar-refractivity contribution >= 4 is 69.2 Å². The van der Waals surface area contributed by atoms with Gasteiger partial charge in [-0.3, -0.25) is 14.5 Å². The van der Waals surface area contributed by atoms with Crippen molar-refractivity contribution in [2.45, 2.75) is 20.8 Å². The van der Waals surface area contributed by atoms with E-state index in [1.165, 1.54) is 11.8 Å². The molecule has 3 aromatic carbocycles. The number of benzene rings is 3. The van der Waals surface area contributed by atoms with Crippen LogP contribution in [0.2, 0.25) is 5.02 Å². The Balaban J connectivity index is 1.48. The van der Waals surface area contributed by atoms with Crippen LogP contribution in [-0.2, 0) is 9.59 Å². The molecule has 3 aromatic rings. The average Bonchev–Trinajstić information content (AvgIpc) is 3.14. The van der Waals surface area contributed by atoms with E-state index < -0.39 is 0 Å². The number of carbonyl (C=O) groups is 2. The number of nitrogens with one attached hydrogen (secondary N) is 1. The monoisotopic (exact) mass is 552 g/mol. The van der Waals surface area contributed by atoms with Gasteiger partial charge in [-0.1, -0.05) is 47.7 Å². The zero-order chi connectivity index (χ0) is 26.5. The molecule has 2 amide bonds. The number of aryl methyl sites for hydroxylation is 2. The molecule has 9 heteroatoms. The smallest absolute Gasteiger partial charge is 0.270 e. The molecule has 1 fully saturated rings. The topological polar surface area (TPSA) is 67.9 Å². The summed E-state index contributed by atoms with van der Waals surface area (Å²) in [6.07, 6.45) is 1.78. The SMILES string of the molecule is CCOc1cc(/C=C2\SC(=S)N(c3ccc(C)c(C)c3)C2=O)ccc1OCC(=O)Nc1ccc(Cl)cc1. The van der Waals surface area contributed by atoms with Crippen LogP contribution in [0.3, 0.4) is 0 Å². The first-order valence-corrected chi connectivity index (χ1v) is 13.2. The molecule has 0 atom stereocenters. The molecule has 0 radical (unpaired) electrons. The van der Waals surface area contributed by atoms with Crippen LogP contribution in [0.15, 0.2) is 65.6 Å². The molecule has 0 unspecified atom stereocenters. The van der Waals surface area contributed by atoms with E-state index >= 15 is 0 Å². The number of amides is 2. The Labute approximate surface area is 230 Å². The Morgan fingerprint density at radius 3 is 2.49 bits per heavy atom. The van der Waals surface area contributed by atoms with Crippen molar-refractivity contribution in [2.75, 3.05) is 23.4 Å². The van der Waals surface area contributed by atoms with Crippen LogP contribution in [0.25, 0.3) is 6.08 Å². The maximum absolute atomic E-state index is 13.2. The van der Waals surface area contributed by atoms with E-state index in [9.17, 15) is 9.59 Å². The maximum Gasteiger partial charge on any atom is 0.270 e. The Kier molecular flexibility index (Phi) is 8.53. The zero-order valence-electron chi connectivity index (χ0n) is 20.5. The Bertz CT molecular complexity index is 1390. The number of ether oxygens (including phenoxy) is 2. The van der Waals surface area contributed by atoms with E-state index in [1.807, 2.05) is 39.0 Å². The molecule has 1 N–H and O–H groups in total. The molecule has 190 valence electrons. The molecule has 0 spiro atoms. The number of carbonyl (C=O) groups excluding carboxylic acids is 2. The minimum Gasteiger partial charge on any atom is -0.490 e. The standard InChI is InChI=1S/C28H25ClN2O4S2/c1-4-34-24-14-19(6-12-23(24)35-16-26(32)30-21-9-7-20(29)8-10-21)15-25-27(33)31(28(36)37-25)22-11-5-17(2)18(3)13-22/h5-15H,4,16H2,1-3H3,(H,30,32)/b25-15-. The molecule has 4 rings (SSSR count). The number of nitrogens with zero attached hydrogens (tertiary/aromatic N) is 1. The molecule has 0 bridgehead atoms. The summed E-state index contributed by atoms with van der Waals surface area (Å²) in [6, 6.07) is 18.0. The Morgan fingerprint density at radius 2 is 1.78 bits per heavy atom. The molecule has 1 heterocycles. The lowest BCUT2D eigenvalue weighted by Crippen LogP contribution is -2.27. The molecule has 37 heavy (non-hydrogen) atoms. The first kappa shape index (κ1) is 26.7. The van der Waals surface area contributed by atoms with Gasteiger partial charge >= 0.3 is 0 Å². The summed E-state index contributed by atoms with van der Waals surface area (Å²) in [5, 5.41) is 3.34. The van der Waals surface area contributed by atoms with E-state index in [-0.39, 0.29) is 18.4 Å². The number of halogens is 1. The normalized spacial score (nSPS) is 14.3. The third kappa shape index (κ3) is 6.52. The quantitative estimate of drug-likeness (QED) is 0.245. The summed E-state index contributed by atoms with van der Waals surface area (Å²) in [6.45, 7) is 6.10. The Hall–Kier alpha value is -3.33. The highest BCUT2D eigenvalue weighted by atomic mass is 35.5. The van der Waals surface area contributed by atoms with E-state index in [0.29, 0.717) is 38.0 Å². The lowest BCUT2D eigenvalue weighted by atomic mass is 10.1. The number of thiocarbonyl (C=S) groups is 1. The van der Waals surface area contributed by atoms with Gasteiger partial charge in [0.1, 0.15) is 0 Å². The van der Waals surface area contributed by atoms with Crippen molar-refractivity contribution < 1.29 is 19.1 Å². The van der Waals surface area contributed by atoms with Crippen LogP contribution in [0.1, 0.15) is 23.6 Å². The van der Waals surface area contributed by atoms with E-state index in [4.69, 9.17) is 33.3 Å². The molecule has 1 aliphatic rings. The summed E-state index contributed by atoms with van der Waals surface area (Å²) in [5.74, 6) is 0.410. The van der Waals surface area contributed by atoms with Crippen molar-refractivity contribution in [3.8, 4) is 11.5 Å². The molecule has 6 nitrogen and oxygen atoms in total. The number of rotatable bonds is 8. The second-order valence-electron chi connectivity index (χ2n) is 8.27. The summed E-state index contributed by atoms with van der Waals surface area (Å²) in [5.41, 5.74) is 4.37. The molecule has 1 aliphatic heterocycles. The minimum absolute atomic E-state index is 0.171. The van der Waals surface area contributed by atoms with Crippen molar-refractivity contribution in [1.82, 2.24) is 0 Å². The number of thioether (sulfide) groups is 1. The van der Waals surface area contributed by atoms with Crippen molar-refractivity contribution in [3.05, 3.63) is 87.3 Å². The van der Waals surface area contributed by atoms with Gasteiger partial charge < -0.3 is 14.8 Å². The van der Waals surface area contributed by atoms with Crippen LogP contribution in [-0.4, -0.2) is 29.3 Å². The van der Waals surface area contributed by atoms with Crippen LogP contribution < -0.4 is 19.7 Å². The first-order valence-electron chi connectivity index (χ1n) is 11.6. The van der Waals surface area contributed by atoms with E-state index in [0.717, 1.165) is 22.4 Å². The lowest BCUT2D eigenvalue weighted by molar-refractivity contribution is -0.118. The summed E-state index contributed by atoms with van der Waals surface area (Å²) >= 11 is 12.6. The van der Waals surface area contributed by atoms with Gasteiger partial charge in [-0.05, 0) is 92.1 Å². The predicted molar refractivity (Wildman–Crippen MR) is 155 cm³/mol. The fourth-order valence-electron chi connectivity index (χ4n) is 3.58. The van der Waals surface area contributed by atoms with Gasteiger partial charge in [0.05, 0.1) is 17.2 Å². The van der Waals surface area contributed by atoms with Gasteiger partial charge in [-0.15, -0.1) is 0 Å². The predicted octanol–water partition coefficient (Wildman–Crippen LogP) is 6.78. The summed E-state index contributed by atoms with van der Waals surface area (Å²) in [7, 11) is 0. The fraction of sp³-hybridized carbons (Fsp3) is 0.179. The van der Waals surface area contributed by atoms with Crippen molar-refractivity contribution in [2.24, 2.45) is 0 Å². The average molecular weight is 553 g/mol. The molecule has 0 saturated carbocycles. The summed E-state index contributed by atoms with van der Waals surface area (Å²) < 4.78 is 11.9. The number of hydrogen-bond donors (Lipinski definition) is 1. The van der Waals surface area contributed by atoms with Crippen LogP contribution >= 0.6 is 35.6 Å². The minimum atomic E-state index is -0.316. The molecule has 0 aromatic heterocycles. The molecule has 1 saturated heterocycles. The van der Waals surface area contributed by atoms with Gasteiger partial charge in [-0.25, -0.2) is 0 Å². The lowest BCUT2D eigenvalue weighted by Gasteiger charge is -2.16. The van der Waals surface area contributed by atoms with Crippen LogP contribution in [0.4, 0.5) is 11.4 Å². The Morgan fingerprint density at radius 1 is 1.03 bits per heavy atom. The third-order valence-electron chi connectivity index (χ3n) is 5.59. The van der Waals surface area contributed by atoms with Crippen LogP contribution in [0, 0.1) is 13.8 Å². The van der Waals surface area contributed by atoms with Gasteiger partial charge in [0.15, 0.2) is 22.4 Å². The van der Waals surface area contributed by atoms with Gasteiger partial charge in [-0.2, -0.15) is 0 Å². The second kappa shape index (κ2) is 11.8. The largest absolute Gasteiger partial charge is 0.490 e. The number of anilines is 2. The van der Waals surface area contributed by atoms with Crippen LogP contribution in [0.5, 0.6) is 11.5 Å². The highest BCUT2D eigenvalue weighted by molar-refractivity contribution is 8.27. The van der Waals surface area contributed by atoms with Crippen molar-refractivity contribution in [1.29, 1.82) is 0 Å². The fourth-order valence-corrected chi connectivity index (χ4v) is 5.01. The maximum atomic E-state index is 13.2. The summed E-state index contributed by atoms with van der Waals surface area (Å²) in [4.78, 5) is 27.6. The highest BCUT2D eigenvalue weighted by Gasteiger charge is 2.33. The van der Waals surface area contributed by atoms with Gasteiger partial charge in [0.2, 0.25) is 0 Å². The van der Waals surface area contributed by atoms with Crippen molar-refractivity contribution in [3.63, 3.8) is 0 Å². The van der Waals surface area contributed by atoms with E-state index in [1.54, 1.807) is 53.4 Å². The second-order valence-corrected chi connectivity index (χ2v) is 10.4.